The summed E-state index contributed by atoms with van der Waals surface area (Å²) in [5, 5.41) is 0. The molecule has 2 aromatic carbocycles. The molecule has 5 nitrogen and oxygen atoms in total. The largest absolute Gasteiger partial charge is 0.423 e. The molecular formula is C17H17NO4S. The van der Waals surface area contributed by atoms with Crippen LogP contribution in [-0.4, -0.2) is 20.6 Å². The first kappa shape index (κ1) is 16.9. The fourth-order valence-corrected chi connectivity index (χ4v) is 2.69. The molecule has 0 radical (unpaired) electrons. The van der Waals surface area contributed by atoms with Gasteiger partial charge in [0.05, 0.1) is 17.9 Å². The van der Waals surface area contributed by atoms with Crippen LogP contribution in [0.3, 0.4) is 0 Å². The fraction of sp³-hybridized carbons (Fsp3) is 0.118. The zero-order valence-corrected chi connectivity index (χ0v) is 13.4. The normalized spacial score (nSPS) is 12.4. The predicted octanol–water partition coefficient (Wildman–Crippen LogP) is 2.44. The van der Waals surface area contributed by atoms with E-state index in [0.717, 1.165) is 6.26 Å². The van der Waals surface area contributed by atoms with E-state index in [4.69, 9.17) is 4.74 Å². The van der Waals surface area contributed by atoms with Gasteiger partial charge in [-0.2, -0.15) is 0 Å². The summed E-state index contributed by atoms with van der Waals surface area (Å²) in [4.78, 5) is 12.3. The highest BCUT2D eigenvalue weighted by Gasteiger charge is 2.25. The zero-order valence-electron chi connectivity index (χ0n) is 12.6. The van der Waals surface area contributed by atoms with Gasteiger partial charge in [-0.1, -0.05) is 55.1 Å². The third-order valence-corrected chi connectivity index (χ3v) is 3.69. The standard InChI is InChI=1S/C17H17NO4S/c1-13(17(19)22-15-11-7-4-8-12-15)16(18-23(2,20)21)14-9-5-3-6-10-14/h3-12,16,18H,1H2,2H3/t16-/m1/s1. The molecule has 1 atom stereocenters. The van der Waals surface area contributed by atoms with Gasteiger partial charge in [0.2, 0.25) is 10.0 Å². The van der Waals surface area contributed by atoms with Crippen LogP contribution in [0.1, 0.15) is 11.6 Å². The minimum atomic E-state index is -3.54. The number of carbonyl (C=O) groups is 1. The maximum absolute atomic E-state index is 12.3. The van der Waals surface area contributed by atoms with Crippen molar-refractivity contribution >= 4 is 16.0 Å². The predicted molar refractivity (Wildman–Crippen MR) is 88.4 cm³/mol. The molecule has 0 aliphatic carbocycles. The number of esters is 1. The molecule has 6 heteroatoms. The van der Waals surface area contributed by atoms with Crippen LogP contribution in [-0.2, 0) is 14.8 Å². The molecule has 0 saturated carbocycles. The number of benzene rings is 2. The summed E-state index contributed by atoms with van der Waals surface area (Å²) in [6.07, 6.45) is 1.03. The molecular weight excluding hydrogens is 314 g/mol. The summed E-state index contributed by atoms with van der Waals surface area (Å²) in [5.74, 6) is -0.328. The molecule has 0 aliphatic heterocycles. The second-order valence-corrected chi connectivity index (χ2v) is 6.74. The van der Waals surface area contributed by atoms with E-state index < -0.39 is 22.0 Å². The van der Waals surface area contributed by atoms with E-state index in [2.05, 4.69) is 11.3 Å². The van der Waals surface area contributed by atoms with Crippen molar-refractivity contribution in [3.63, 3.8) is 0 Å². The van der Waals surface area contributed by atoms with Crippen molar-refractivity contribution < 1.29 is 17.9 Å². The molecule has 23 heavy (non-hydrogen) atoms. The SMILES string of the molecule is C=C(C(=O)Oc1ccccc1)[C@@H](NS(C)(=O)=O)c1ccccc1. The van der Waals surface area contributed by atoms with Crippen LogP contribution in [0.5, 0.6) is 5.75 Å². The Bertz CT molecular complexity index is 786. The van der Waals surface area contributed by atoms with E-state index in [1.807, 2.05) is 0 Å². The van der Waals surface area contributed by atoms with Crippen molar-refractivity contribution in [2.75, 3.05) is 6.26 Å². The Morgan fingerprint density at radius 3 is 2.09 bits per heavy atom. The molecule has 0 aromatic heterocycles. The highest BCUT2D eigenvalue weighted by Crippen LogP contribution is 2.23. The lowest BCUT2D eigenvalue weighted by Gasteiger charge is -2.19. The van der Waals surface area contributed by atoms with Gasteiger partial charge in [0.25, 0.3) is 0 Å². The van der Waals surface area contributed by atoms with Gasteiger partial charge in [0.1, 0.15) is 5.75 Å². The minimum absolute atomic E-state index is 0.00507. The molecule has 0 heterocycles. The third-order valence-electron chi connectivity index (χ3n) is 3.03. The highest BCUT2D eigenvalue weighted by molar-refractivity contribution is 7.88. The molecule has 1 N–H and O–H groups in total. The van der Waals surface area contributed by atoms with Crippen LogP contribution in [0.25, 0.3) is 0 Å². The van der Waals surface area contributed by atoms with Crippen LogP contribution in [0, 0.1) is 0 Å². The second kappa shape index (κ2) is 7.21. The van der Waals surface area contributed by atoms with Gasteiger partial charge in [-0.3, -0.25) is 0 Å². The molecule has 0 unspecified atom stereocenters. The van der Waals surface area contributed by atoms with E-state index >= 15 is 0 Å². The van der Waals surface area contributed by atoms with Crippen molar-refractivity contribution in [1.82, 2.24) is 4.72 Å². The molecule has 0 bridgehead atoms. The first-order valence-corrected chi connectivity index (χ1v) is 8.74. The summed E-state index contributed by atoms with van der Waals surface area (Å²) in [6, 6.07) is 16.4. The number of ether oxygens (including phenoxy) is 1. The fourth-order valence-electron chi connectivity index (χ4n) is 1.98. The van der Waals surface area contributed by atoms with Gasteiger partial charge >= 0.3 is 5.97 Å². The first-order chi connectivity index (χ1) is 10.9. The van der Waals surface area contributed by atoms with E-state index in [1.165, 1.54) is 0 Å². The van der Waals surface area contributed by atoms with Crippen molar-refractivity contribution in [2.24, 2.45) is 0 Å². The van der Waals surface area contributed by atoms with Gasteiger partial charge in [0.15, 0.2) is 0 Å². The summed E-state index contributed by atoms with van der Waals surface area (Å²) >= 11 is 0. The molecule has 0 amide bonds. The molecule has 0 aliphatic rings. The average molecular weight is 331 g/mol. The number of carbonyl (C=O) groups excluding carboxylic acids is 1. The minimum Gasteiger partial charge on any atom is -0.423 e. The Morgan fingerprint density at radius 1 is 1.04 bits per heavy atom. The lowest BCUT2D eigenvalue weighted by Crippen LogP contribution is -2.32. The number of rotatable bonds is 6. The number of para-hydroxylation sites is 1. The Morgan fingerprint density at radius 2 is 1.57 bits per heavy atom. The van der Waals surface area contributed by atoms with Crippen LogP contribution >= 0.6 is 0 Å². The number of nitrogens with one attached hydrogen (secondary N) is 1. The van der Waals surface area contributed by atoms with Crippen LogP contribution < -0.4 is 9.46 Å². The smallest absolute Gasteiger partial charge is 0.340 e. The molecule has 0 spiro atoms. The number of sulfonamides is 1. The van der Waals surface area contributed by atoms with Gasteiger partial charge in [-0.05, 0) is 17.7 Å². The Hall–Kier alpha value is -2.44. The summed E-state index contributed by atoms with van der Waals surface area (Å²) in [6.45, 7) is 3.71. The molecule has 0 fully saturated rings. The monoisotopic (exact) mass is 331 g/mol. The van der Waals surface area contributed by atoms with E-state index in [0.29, 0.717) is 11.3 Å². The van der Waals surface area contributed by atoms with Crippen molar-refractivity contribution in [3.05, 3.63) is 78.4 Å². The number of hydrogen-bond acceptors (Lipinski definition) is 4. The lowest BCUT2D eigenvalue weighted by molar-refractivity contribution is -0.130. The Kier molecular flexibility index (Phi) is 5.31. The maximum Gasteiger partial charge on any atom is 0.340 e. The van der Waals surface area contributed by atoms with E-state index in [1.54, 1.807) is 60.7 Å². The Balaban J connectivity index is 2.24. The van der Waals surface area contributed by atoms with Gasteiger partial charge in [0, 0.05) is 0 Å². The van der Waals surface area contributed by atoms with Gasteiger partial charge in [-0.25, -0.2) is 17.9 Å². The average Bonchev–Trinajstić information content (AvgIpc) is 2.53. The quantitative estimate of drug-likeness (QED) is 0.501. The zero-order chi connectivity index (χ0) is 16.9. The number of hydrogen-bond donors (Lipinski definition) is 1. The van der Waals surface area contributed by atoms with E-state index in [9.17, 15) is 13.2 Å². The summed E-state index contributed by atoms with van der Waals surface area (Å²) < 4.78 is 30.8. The summed E-state index contributed by atoms with van der Waals surface area (Å²) in [5.41, 5.74) is 0.610. The van der Waals surface area contributed by atoms with E-state index in [-0.39, 0.29) is 5.57 Å². The molecule has 120 valence electrons. The van der Waals surface area contributed by atoms with Crippen molar-refractivity contribution in [2.45, 2.75) is 6.04 Å². The van der Waals surface area contributed by atoms with Crippen LogP contribution in [0.2, 0.25) is 0 Å². The van der Waals surface area contributed by atoms with Gasteiger partial charge in [-0.15, -0.1) is 0 Å². The molecule has 2 aromatic rings. The van der Waals surface area contributed by atoms with Gasteiger partial charge < -0.3 is 4.74 Å². The topological polar surface area (TPSA) is 72.5 Å². The van der Waals surface area contributed by atoms with Crippen molar-refractivity contribution in [3.8, 4) is 5.75 Å². The second-order valence-electron chi connectivity index (χ2n) is 4.96. The summed E-state index contributed by atoms with van der Waals surface area (Å²) in [7, 11) is -3.54. The van der Waals surface area contributed by atoms with Crippen LogP contribution in [0.15, 0.2) is 72.8 Å². The lowest BCUT2D eigenvalue weighted by atomic mass is 10.0. The van der Waals surface area contributed by atoms with Crippen molar-refractivity contribution in [1.29, 1.82) is 0 Å². The highest BCUT2D eigenvalue weighted by atomic mass is 32.2. The first-order valence-electron chi connectivity index (χ1n) is 6.85. The Labute approximate surface area is 135 Å². The third kappa shape index (κ3) is 5.05. The van der Waals surface area contributed by atoms with Crippen LogP contribution in [0.4, 0.5) is 0 Å². The molecule has 2 rings (SSSR count). The maximum atomic E-state index is 12.3. The molecule has 0 saturated heterocycles.